The highest BCUT2D eigenvalue weighted by molar-refractivity contribution is 6.30. The van der Waals surface area contributed by atoms with Crippen LogP contribution in [0.25, 0.3) is 16.9 Å². The average molecular weight is 405 g/mol. The summed E-state index contributed by atoms with van der Waals surface area (Å²) in [7, 11) is 0. The number of amides is 1. The Labute approximate surface area is 174 Å². The quantitative estimate of drug-likeness (QED) is 0.502. The van der Waals surface area contributed by atoms with Crippen LogP contribution >= 0.6 is 11.6 Å². The van der Waals surface area contributed by atoms with Gasteiger partial charge in [-0.15, -0.1) is 0 Å². The van der Waals surface area contributed by atoms with Crippen molar-refractivity contribution in [2.24, 2.45) is 0 Å². The number of carbonyl (C=O) groups is 1. The van der Waals surface area contributed by atoms with E-state index in [1.807, 2.05) is 55.5 Å². The van der Waals surface area contributed by atoms with Crippen molar-refractivity contribution in [2.45, 2.75) is 25.8 Å². The van der Waals surface area contributed by atoms with Crippen LogP contribution in [-0.4, -0.2) is 26.5 Å². The summed E-state index contributed by atoms with van der Waals surface area (Å²) in [6, 6.07) is 19.7. The molecule has 29 heavy (non-hydrogen) atoms. The average Bonchev–Trinajstić information content (AvgIpc) is 3.17. The van der Waals surface area contributed by atoms with E-state index >= 15 is 0 Å². The van der Waals surface area contributed by atoms with Gasteiger partial charge in [0.05, 0.1) is 11.9 Å². The Morgan fingerprint density at radius 2 is 1.97 bits per heavy atom. The lowest BCUT2D eigenvalue weighted by Gasteiger charge is -2.13. The second-order valence-electron chi connectivity index (χ2n) is 7.03. The maximum atomic E-state index is 12.8. The van der Waals surface area contributed by atoms with Gasteiger partial charge in [-0.05, 0) is 43.5 Å². The van der Waals surface area contributed by atoms with Gasteiger partial charge in [-0.2, -0.15) is 5.10 Å². The molecule has 0 aliphatic carbocycles. The van der Waals surface area contributed by atoms with Crippen molar-refractivity contribution in [3.8, 4) is 11.3 Å². The zero-order valence-electron chi connectivity index (χ0n) is 16.0. The van der Waals surface area contributed by atoms with E-state index in [2.05, 4.69) is 27.5 Å². The smallest absolute Gasteiger partial charge is 0.256 e. The largest absolute Gasteiger partial charge is 0.349 e. The number of aryl methyl sites for hydroxylation is 1. The van der Waals surface area contributed by atoms with Crippen LogP contribution in [0.5, 0.6) is 0 Å². The minimum absolute atomic E-state index is 0.0359. The number of halogens is 1. The molecule has 1 atom stereocenters. The highest BCUT2D eigenvalue weighted by atomic mass is 35.5. The number of fused-ring (bicyclic) bond motifs is 1. The van der Waals surface area contributed by atoms with Crippen molar-refractivity contribution in [1.29, 1.82) is 0 Å². The first-order valence-corrected chi connectivity index (χ1v) is 9.93. The Balaban J connectivity index is 1.52. The van der Waals surface area contributed by atoms with E-state index in [-0.39, 0.29) is 11.9 Å². The first-order chi connectivity index (χ1) is 14.1. The number of hydrogen-bond acceptors (Lipinski definition) is 3. The predicted octanol–water partition coefficient (Wildman–Crippen LogP) is 4.80. The maximum Gasteiger partial charge on any atom is 0.256 e. The molecule has 0 spiro atoms. The van der Waals surface area contributed by atoms with E-state index in [1.165, 1.54) is 5.56 Å². The molecule has 6 heteroatoms. The fraction of sp³-hybridized carbons (Fsp3) is 0.174. The van der Waals surface area contributed by atoms with Crippen molar-refractivity contribution >= 4 is 23.2 Å². The summed E-state index contributed by atoms with van der Waals surface area (Å²) in [6.45, 7) is 2.01. The summed E-state index contributed by atoms with van der Waals surface area (Å²) < 4.78 is 1.68. The van der Waals surface area contributed by atoms with Gasteiger partial charge in [0.15, 0.2) is 5.65 Å². The third kappa shape index (κ3) is 4.30. The van der Waals surface area contributed by atoms with Crippen molar-refractivity contribution in [2.75, 3.05) is 0 Å². The van der Waals surface area contributed by atoms with Crippen LogP contribution in [0.4, 0.5) is 0 Å². The van der Waals surface area contributed by atoms with Gasteiger partial charge in [0.25, 0.3) is 5.91 Å². The van der Waals surface area contributed by atoms with Crippen LogP contribution in [0.3, 0.4) is 0 Å². The molecule has 0 radical (unpaired) electrons. The van der Waals surface area contributed by atoms with E-state index in [0.29, 0.717) is 16.2 Å². The lowest BCUT2D eigenvalue weighted by atomic mass is 10.1. The molecule has 0 aliphatic rings. The van der Waals surface area contributed by atoms with Crippen LogP contribution in [0.15, 0.2) is 73.1 Å². The SMILES string of the molecule is C[C@@H](CCc1ccccc1)NC(=O)c1cnn2c(-c3cccc(Cl)c3)ccnc12. The fourth-order valence-corrected chi connectivity index (χ4v) is 3.51. The predicted molar refractivity (Wildman–Crippen MR) is 115 cm³/mol. The summed E-state index contributed by atoms with van der Waals surface area (Å²) in [5.74, 6) is -0.170. The molecular weight excluding hydrogens is 384 g/mol. The van der Waals surface area contributed by atoms with Crippen LogP contribution in [0.1, 0.15) is 29.3 Å². The molecule has 0 saturated heterocycles. The van der Waals surface area contributed by atoms with Crippen LogP contribution in [0.2, 0.25) is 5.02 Å². The monoisotopic (exact) mass is 404 g/mol. The molecule has 0 bridgehead atoms. The minimum atomic E-state index is -0.170. The lowest BCUT2D eigenvalue weighted by Crippen LogP contribution is -2.32. The van der Waals surface area contributed by atoms with E-state index in [1.54, 1.807) is 16.9 Å². The van der Waals surface area contributed by atoms with Crippen molar-refractivity contribution in [3.05, 3.63) is 89.2 Å². The summed E-state index contributed by atoms with van der Waals surface area (Å²) in [5.41, 5.74) is 3.98. The molecule has 2 aromatic heterocycles. The fourth-order valence-electron chi connectivity index (χ4n) is 3.32. The first kappa shape index (κ1) is 19.2. The van der Waals surface area contributed by atoms with E-state index < -0.39 is 0 Å². The third-order valence-corrected chi connectivity index (χ3v) is 5.09. The van der Waals surface area contributed by atoms with Crippen molar-refractivity contribution in [1.82, 2.24) is 19.9 Å². The van der Waals surface area contributed by atoms with Crippen LogP contribution in [-0.2, 0) is 6.42 Å². The summed E-state index contributed by atoms with van der Waals surface area (Å²) in [6.07, 6.45) is 5.02. The molecule has 0 fully saturated rings. The zero-order chi connectivity index (χ0) is 20.2. The van der Waals surface area contributed by atoms with E-state index in [0.717, 1.165) is 24.1 Å². The number of hydrogen-bond donors (Lipinski definition) is 1. The second-order valence-corrected chi connectivity index (χ2v) is 7.47. The number of nitrogens with zero attached hydrogens (tertiary/aromatic N) is 3. The molecule has 5 nitrogen and oxygen atoms in total. The molecule has 146 valence electrons. The van der Waals surface area contributed by atoms with Gasteiger partial charge in [0.1, 0.15) is 5.56 Å². The number of carbonyl (C=O) groups excluding carboxylic acids is 1. The highest BCUT2D eigenvalue weighted by Crippen LogP contribution is 2.23. The standard InChI is InChI=1S/C23H21ClN4O/c1-16(10-11-17-6-3-2-4-7-17)27-23(29)20-15-26-28-21(12-13-25-22(20)28)18-8-5-9-19(24)14-18/h2-9,12-16H,10-11H2,1H3,(H,27,29)/t16-/m0/s1. The van der Waals surface area contributed by atoms with Gasteiger partial charge in [0, 0.05) is 22.8 Å². The van der Waals surface area contributed by atoms with E-state index in [4.69, 9.17) is 11.6 Å². The molecule has 0 aliphatic heterocycles. The molecule has 4 aromatic rings. The van der Waals surface area contributed by atoms with Gasteiger partial charge in [0.2, 0.25) is 0 Å². The number of benzene rings is 2. The van der Waals surface area contributed by atoms with Crippen molar-refractivity contribution in [3.63, 3.8) is 0 Å². The zero-order valence-corrected chi connectivity index (χ0v) is 16.8. The summed E-state index contributed by atoms with van der Waals surface area (Å²) >= 11 is 6.12. The van der Waals surface area contributed by atoms with Crippen LogP contribution in [0, 0.1) is 0 Å². The third-order valence-electron chi connectivity index (χ3n) is 4.85. The molecule has 1 N–H and O–H groups in total. The lowest BCUT2D eigenvalue weighted by molar-refractivity contribution is 0.0940. The highest BCUT2D eigenvalue weighted by Gasteiger charge is 2.18. The number of aromatic nitrogens is 3. The molecule has 1 amide bonds. The van der Waals surface area contributed by atoms with Gasteiger partial charge in [-0.3, -0.25) is 4.79 Å². The molecule has 0 unspecified atom stereocenters. The second kappa shape index (κ2) is 8.45. The normalized spacial score (nSPS) is 12.1. The molecule has 0 saturated carbocycles. The maximum absolute atomic E-state index is 12.8. The minimum Gasteiger partial charge on any atom is -0.349 e. The first-order valence-electron chi connectivity index (χ1n) is 9.55. The molecule has 2 heterocycles. The topological polar surface area (TPSA) is 59.3 Å². The Morgan fingerprint density at radius 3 is 2.76 bits per heavy atom. The van der Waals surface area contributed by atoms with Crippen LogP contribution < -0.4 is 5.32 Å². The molecule has 2 aromatic carbocycles. The Morgan fingerprint density at radius 1 is 1.14 bits per heavy atom. The van der Waals surface area contributed by atoms with Gasteiger partial charge < -0.3 is 5.32 Å². The van der Waals surface area contributed by atoms with Gasteiger partial charge in [-0.1, -0.05) is 54.1 Å². The number of rotatable bonds is 6. The Kier molecular flexibility index (Phi) is 5.58. The molecular formula is C23H21ClN4O. The number of nitrogens with one attached hydrogen (secondary N) is 1. The summed E-state index contributed by atoms with van der Waals surface area (Å²) in [5, 5.41) is 8.10. The van der Waals surface area contributed by atoms with E-state index in [9.17, 15) is 4.79 Å². The summed E-state index contributed by atoms with van der Waals surface area (Å²) in [4.78, 5) is 17.2. The molecule has 4 rings (SSSR count). The van der Waals surface area contributed by atoms with Gasteiger partial charge >= 0.3 is 0 Å². The Hall–Kier alpha value is -3.18. The van der Waals surface area contributed by atoms with Crippen molar-refractivity contribution < 1.29 is 4.79 Å². The van der Waals surface area contributed by atoms with Gasteiger partial charge in [-0.25, -0.2) is 9.50 Å². The Bertz CT molecular complexity index is 1140.